The maximum Gasteiger partial charge on any atom is 0.328 e. The normalized spacial score (nSPS) is 16.2. The van der Waals surface area contributed by atoms with Gasteiger partial charge in [-0.15, -0.1) is 0 Å². The van der Waals surface area contributed by atoms with Gasteiger partial charge >= 0.3 is 6.03 Å². The van der Waals surface area contributed by atoms with Crippen molar-refractivity contribution in [3.63, 3.8) is 0 Å². The quantitative estimate of drug-likeness (QED) is 0.869. The fraction of sp³-hybridized carbons (Fsp3) is 0.182. The Labute approximate surface area is 111 Å². The van der Waals surface area contributed by atoms with Crippen molar-refractivity contribution in [2.45, 2.75) is 6.42 Å². The van der Waals surface area contributed by atoms with E-state index in [1.165, 1.54) is 4.90 Å². The Kier molecular flexibility index (Phi) is 2.55. The minimum atomic E-state index is -0.388. The van der Waals surface area contributed by atoms with E-state index in [0.717, 1.165) is 15.9 Å². The molecule has 1 aliphatic rings. The molecule has 1 fully saturated rings. The van der Waals surface area contributed by atoms with E-state index < -0.39 is 0 Å². The molecular formula is C11H9BrN4O2. The average molecular weight is 309 g/mol. The van der Waals surface area contributed by atoms with E-state index in [9.17, 15) is 9.59 Å². The molecule has 6 nitrogen and oxygen atoms in total. The van der Waals surface area contributed by atoms with Crippen LogP contribution in [-0.2, 0) is 4.79 Å². The van der Waals surface area contributed by atoms with Gasteiger partial charge in [0.15, 0.2) is 0 Å². The molecule has 0 saturated carbocycles. The molecule has 3 rings (SSSR count). The van der Waals surface area contributed by atoms with Gasteiger partial charge in [0.1, 0.15) is 10.3 Å². The summed E-state index contributed by atoms with van der Waals surface area (Å²) in [5.74, 6) is -0.235. The van der Waals surface area contributed by atoms with E-state index in [2.05, 4.69) is 26.2 Å². The number of nitrogens with zero attached hydrogens (tertiary/aromatic N) is 3. The monoisotopic (exact) mass is 308 g/mol. The summed E-state index contributed by atoms with van der Waals surface area (Å²) < 4.78 is 2.58. The zero-order valence-corrected chi connectivity index (χ0v) is 10.8. The summed E-state index contributed by atoms with van der Waals surface area (Å²) in [7, 11) is 0. The lowest BCUT2D eigenvalue weighted by Crippen LogP contribution is -2.49. The topological polar surface area (TPSA) is 66.7 Å². The van der Waals surface area contributed by atoms with E-state index in [1.807, 2.05) is 22.9 Å². The Morgan fingerprint density at radius 1 is 1.39 bits per heavy atom. The van der Waals surface area contributed by atoms with Gasteiger partial charge in [-0.3, -0.25) is 15.0 Å². The van der Waals surface area contributed by atoms with Crippen molar-refractivity contribution >= 4 is 39.2 Å². The minimum Gasteiger partial charge on any atom is -0.306 e. The molecule has 0 atom stereocenters. The molecule has 0 unspecified atom stereocenters. The van der Waals surface area contributed by atoms with Gasteiger partial charge in [0.2, 0.25) is 5.91 Å². The van der Waals surface area contributed by atoms with Crippen LogP contribution in [0.4, 0.5) is 10.5 Å². The predicted molar refractivity (Wildman–Crippen MR) is 68.4 cm³/mol. The minimum absolute atomic E-state index is 0.235. The van der Waals surface area contributed by atoms with Gasteiger partial charge in [-0.05, 0) is 22.0 Å². The number of carbonyl (C=O) groups excluding carboxylic acids is 2. The van der Waals surface area contributed by atoms with Crippen LogP contribution in [-0.4, -0.2) is 27.9 Å². The molecule has 2 aromatic heterocycles. The smallest absolute Gasteiger partial charge is 0.306 e. The first-order chi connectivity index (χ1) is 8.63. The van der Waals surface area contributed by atoms with Crippen LogP contribution in [0.25, 0.3) is 5.65 Å². The first-order valence-corrected chi connectivity index (χ1v) is 6.18. The van der Waals surface area contributed by atoms with Gasteiger partial charge in [-0.2, -0.15) is 0 Å². The Balaban J connectivity index is 1.98. The van der Waals surface area contributed by atoms with E-state index in [4.69, 9.17) is 0 Å². The zero-order chi connectivity index (χ0) is 12.7. The van der Waals surface area contributed by atoms with Crippen LogP contribution < -0.4 is 10.2 Å². The number of rotatable bonds is 1. The SMILES string of the molecule is O=C1CCN(c2ccn3cc(Br)nc3c2)C(=O)N1. The number of carbonyl (C=O) groups is 2. The summed E-state index contributed by atoms with van der Waals surface area (Å²) in [4.78, 5) is 28.6. The molecule has 0 bridgehead atoms. The maximum atomic E-state index is 11.7. The molecule has 3 heterocycles. The number of anilines is 1. The zero-order valence-electron chi connectivity index (χ0n) is 9.26. The van der Waals surface area contributed by atoms with Crippen LogP contribution in [0.3, 0.4) is 0 Å². The largest absolute Gasteiger partial charge is 0.328 e. The Hall–Kier alpha value is -1.89. The number of aromatic nitrogens is 2. The molecule has 18 heavy (non-hydrogen) atoms. The van der Waals surface area contributed by atoms with Gasteiger partial charge in [-0.1, -0.05) is 0 Å². The van der Waals surface area contributed by atoms with Gasteiger partial charge in [0.05, 0.1) is 5.69 Å². The van der Waals surface area contributed by atoms with Gasteiger partial charge in [0, 0.05) is 31.4 Å². The van der Waals surface area contributed by atoms with Crippen molar-refractivity contribution in [1.29, 1.82) is 0 Å². The third-order valence-corrected chi connectivity index (χ3v) is 3.16. The Bertz CT molecular complexity index is 652. The molecule has 2 aromatic rings. The number of hydrogen-bond acceptors (Lipinski definition) is 3. The first-order valence-electron chi connectivity index (χ1n) is 5.39. The van der Waals surface area contributed by atoms with Crippen molar-refractivity contribution in [1.82, 2.24) is 14.7 Å². The molecule has 3 amide bonds. The van der Waals surface area contributed by atoms with Crippen molar-refractivity contribution in [3.8, 4) is 0 Å². The summed E-state index contributed by atoms with van der Waals surface area (Å²) in [6.07, 6.45) is 3.97. The predicted octanol–water partition coefficient (Wildman–Crippen LogP) is 1.54. The second-order valence-corrected chi connectivity index (χ2v) is 4.78. The highest BCUT2D eigenvalue weighted by molar-refractivity contribution is 9.10. The third-order valence-electron chi connectivity index (χ3n) is 2.78. The highest BCUT2D eigenvalue weighted by atomic mass is 79.9. The molecule has 0 spiro atoms. The highest BCUT2D eigenvalue weighted by Gasteiger charge is 2.24. The number of imidazole rings is 1. The summed E-state index contributed by atoms with van der Waals surface area (Å²) >= 11 is 3.30. The molecule has 0 aromatic carbocycles. The number of urea groups is 1. The number of halogens is 1. The van der Waals surface area contributed by atoms with Crippen molar-refractivity contribution in [3.05, 3.63) is 29.1 Å². The Morgan fingerprint density at radius 3 is 3.00 bits per heavy atom. The first kappa shape index (κ1) is 11.2. The number of pyridine rings is 1. The molecule has 0 radical (unpaired) electrons. The summed E-state index contributed by atoms with van der Waals surface area (Å²) in [6, 6.07) is 3.23. The average Bonchev–Trinajstić information content (AvgIpc) is 2.68. The molecular weight excluding hydrogens is 300 g/mol. The van der Waals surface area contributed by atoms with Crippen molar-refractivity contribution in [2.24, 2.45) is 0 Å². The highest BCUT2D eigenvalue weighted by Crippen LogP contribution is 2.20. The van der Waals surface area contributed by atoms with Crippen molar-refractivity contribution < 1.29 is 9.59 Å². The second kappa shape index (κ2) is 4.09. The number of hydrogen-bond donors (Lipinski definition) is 1. The lowest BCUT2D eigenvalue weighted by atomic mass is 10.2. The van der Waals surface area contributed by atoms with Crippen LogP contribution in [0, 0.1) is 0 Å². The van der Waals surface area contributed by atoms with E-state index in [0.29, 0.717) is 13.0 Å². The lowest BCUT2D eigenvalue weighted by Gasteiger charge is -2.26. The van der Waals surface area contributed by atoms with E-state index >= 15 is 0 Å². The standard InChI is InChI=1S/C11H9BrN4O2/c12-8-6-15-3-1-7(5-9(15)13-8)16-4-2-10(17)14-11(16)18/h1,3,5-6H,2,4H2,(H,14,17,18). The second-order valence-electron chi connectivity index (χ2n) is 3.97. The number of amides is 3. The third kappa shape index (κ3) is 1.86. The summed E-state index contributed by atoms with van der Waals surface area (Å²) in [5, 5.41) is 2.29. The fourth-order valence-electron chi connectivity index (χ4n) is 1.92. The maximum absolute atomic E-state index is 11.7. The van der Waals surface area contributed by atoms with Gasteiger partial charge in [0.25, 0.3) is 0 Å². The van der Waals surface area contributed by atoms with Crippen molar-refractivity contribution in [2.75, 3.05) is 11.4 Å². The molecule has 1 aliphatic heterocycles. The van der Waals surface area contributed by atoms with Crippen LogP contribution in [0.2, 0.25) is 0 Å². The van der Waals surface area contributed by atoms with E-state index in [1.54, 1.807) is 6.07 Å². The van der Waals surface area contributed by atoms with Gasteiger partial charge < -0.3 is 4.40 Å². The van der Waals surface area contributed by atoms with Crippen LogP contribution in [0.5, 0.6) is 0 Å². The molecule has 1 saturated heterocycles. The molecule has 1 N–H and O–H groups in total. The number of fused-ring (bicyclic) bond motifs is 1. The van der Waals surface area contributed by atoms with Crippen LogP contribution in [0.1, 0.15) is 6.42 Å². The fourth-order valence-corrected chi connectivity index (χ4v) is 2.32. The summed E-state index contributed by atoms with van der Waals surface area (Å²) in [6.45, 7) is 0.392. The molecule has 7 heteroatoms. The summed E-state index contributed by atoms with van der Waals surface area (Å²) in [5.41, 5.74) is 1.47. The number of imide groups is 1. The Morgan fingerprint density at radius 2 is 2.22 bits per heavy atom. The van der Waals surface area contributed by atoms with Crippen LogP contribution in [0.15, 0.2) is 29.1 Å². The molecule has 0 aliphatic carbocycles. The number of nitrogens with one attached hydrogen (secondary N) is 1. The van der Waals surface area contributed by atoms with E-state index in [-0.39, 0.29) is 11.9 Å². The van der Waals surface area contributed by atoms with Crippen LogP contribution >= 0.6 is 15.9 Å². The molecule has 92 valence electrons. The lowest BCUT2D eigenvalue weighted by molar-refractivity contribution is -0.120. The van der Waals surface area contributed by atoms with Gasteiger partial charge in [-0.25, -0.2) is 9.78 Å².